The number of aliphatic carboxylic acids is 1. The van der Waals surface area contributed by atoms with Gasteiger partial charge in [-0.2, -0.15) is 0 Å². The zero-order valence-electron chi connectivity index (χ0n) is 17.6. The highest BCUT2D eigenvalue weighted by Crippen LogP contribution is 2.37. The second kappa shape index (κ2) is 8.22. The lowest BCUT2D eigenvalue weighted by Gasteiger charge is -2.38. The number of nitrogens with zero attached hydrogens (tertiary/aromatic N) is 2. The van der Waals surface area contributed by atoms with Crippen LogP contribution in [0.4, 0.5) is 9.18 Å². The van der Waals surface area contributed by atoms with Crippen molar-refractivity contribution in [2.75, 3.05) is 13.1 Å². The van der Waals surface area contributed by atoms with Crippen LogP contribution in [0.3, 0.4) is 0 Å². The van der Waals surface area contributed by atoms with E-state index in [1.165, 1.54) is 12.1 Å². The van der Waals surface area contributed by atoms with Crippen molar-refractivity contribution in [3.63, 3.8) is 0 Å². The molecule has 0 aliphatic carbocycles. The van der Waals surface area contributed by atoms with Crippen LogP contribution in [0.5, 0.6) is 0 Å². The average Bonchev–Trinajstić information content (AvgIpc) is 3.17. The number of amides is 2. The summed E-state index contributed by atoms with van der Waals surface area (Å²) in [6, 6.07) is 4.21. The minimum atomic E-state index is -1.19. The quantitative estimate of drug-likeness (QED) is 0.730. The molecule has 4 atom stereocenters. The number of halogens is 1. The molecule has 9 heteroatoms. The number of alkyl carbamates (subject to hydrolysis) is 1. The number of carboxylic acid groups (broad SMARTS) is 1. The van der Waals surface area contributed by atoms with Crippen LogP contribution in [0.15, 0.2) is 24.3 Å². The molecule has 2 fully saturated rings. The molecule has 3 rings (SSSR count). The van der Waals surface area contributed by atoms with Gasteiger partial charge in [0, 0.05) is 19.1 Å². The molecule has 0 aromatic heterocycles. The first kappa shape index (κ1) is 22.0. The molecule has 2 unspecified atom stereocenters. The number of fused-ring (bicyclic) bond motifs is 2. The summed E-state index contributed by atoms with van der Waals surface area (Å²) >= 11 is 0. The number of carbonyl (C=O) groups excluding carboxylic acids is 2. The molecule has 0 spiro atoms. The molecule has 0 saturated carbocycles. The summed E-state index contributed by atoms with van der Waals surface area (Å²) in [7, 11) is 0. The van der Waals surface area contributed by atoms with Gasteiger partial charge in [0.1, 0.15) is 17.5 Å². The van der Waals surface area contributed by atoms with Gasteiger partial charge in [0.2, 0.25) is 5.91 Å². The fourth-order valence-corrected chi connectivity index (χ4v) is 4.17. The zero-order chi connectivity index (χ0) is 22.2. The van der Waals surface area contributed by atoms with E-state index in [0.29, 0.717) is 13.0 Å². The zero-order valence-corrected chi connectivity index (χ0v) is 17.6. The van der Waals surface area contributed by atoms with Crippen LogP contribution >= 0.6 is 0 Å². The van der Waals surface area contributed by atoms with Crippen LogP contribution in [0.2, 0.25) is 0 Å². The third kappa shape index (κ3) is 4.72. The molecule has 2 saturated heterocycles. The minimum absolute atomic E-state index is 0.0141. The Morgan fingerprint density at radius 2 is 1.93 bits per heavy atom. The highest BCUT2D eigenvalue weighted by Gasteiger charge is 2.51. The fourth-order valence-electron chi connectivity index (χ4n) is 4.17. The summed E-state index contributed by atoms with van der Waals surface area (Å²) in [6.07, 6.45) is -0.208. The molecule has 1 aromatic rings. The van der Waals surface area contributed by atoms with Crippen LogP contribution < -0.4 is 5.32 Å². The first-order valence-electron chi connectivity index (χ1n) is 10.0. The van der Waals surface area contributed by atoms with Crippen molar-refractivity contribution in [2.45, 2.75) is 63.9 Å². The van der Waals surface area contributed by atoms with Gasteiger partial charge < -0.3 is 20.1 Å². The van der Waals surface area contributed by atoms with Gasteiger partial charge in [-0.15, -0.1) is 0 Å². The fraction of sp³-hybridized carbons (Fsp3) is 0.571. The largest absolute Gasteiger partial charge is 0.480 e. The maximum atomic E-state index is 13.2. The molecule has 2 amide bonds. The lowest BCUT2D eigenvalue weighted by molar-refractivity contribution is -0.143. The number of nitrogens with one attached hydrogen (secondary N) is 1. The molecule has 2 bridgehead atoms. The average molecular weight is 421 g/mol. The summed E-state index contributed by atoms with van der Waals surface area (Å²) in [5.41, 5.74) is 0.103. The molecule has 30 heavy (non-hydrogen) atoms. The Balaban J connectivity index is 1.64. The summed E-state index contributed by atoms with van der Waals surface area (Å²) in [5.74, 6) is -1.60. The van der Waals surface area contributed by atoms with Crippen LogP contribution in [0.1, 0.15) is 45.7 Å². The van der Waals surface area contributed by atoms with Crippen molar-refractivity contribution in [3.8, 4) is 0 Å². The molecule has 0 radical (unpaired) electrons. The molecule has 164 valence electrons. The van der Waals surface area contributed by atoms with E-state index in [-0.39, 0.29) is 30.4 Å². The molecular weight excluding hydrogens is 393 g/mol. The minimum Gasteiger partial charge on any atom is -0.480 e. The van der Waals surface area contributed by atoms with Crippen molar-refractivity contribution in [3.05, 3.63) is 35.6 Å². The maximum Gasteiger partial charge on any atom is 0.408 e. The second-order valence-electron chi connectivity index (χ2n) is 8.87. The van der Waals surface area contributed by atoms with Crippen LogP contribution in [-0.4, -0.2) is 69.7 Å². The summed E-state index contributed by atoms with van der Waals surface area (Å²) < 4.78 is 18.3. The van der Waals surface area contributed by atoms with Crippen molar-refractivity contribution in [1.82, 2.24) is 15.1 Å². The van der Waals surface area contributed by atoms with E-state index in [0.717, 1.165) is 5.56 Å². The van der Waals surface area contributed by atoms with Crippen molar-refractivity contribution >= 4 is 18.0 Å². The number of rotatable bonds is 6. The van der Waals surface area contributed by atoms with Crippen molar-refractivity contribution in [2.24, 2.45) is 0 Å². The Kier molecular flexibility index (Phi) is 6.03. The van der Waals surface area contributed by atoms with Gasteiger partial charge in [0.05, 0.1) is 12.1 Å². The first-order chi connectivity index (χ1) is 14.0. The van der Waals surface area contributed by atoms with E-state index in [2.05, 4.69) is 5.32 Å². The summed E-state index contributed by atoms with van der Waals surface area (Å²) in [6.45, 7) is 7.51. The number of piperazine rings is 1. The number of hydrogen-bond donors (Lipinski definition) is 2. The smallest absolute Gasteiger partial charge is 0.408 e. The van der Waals surface area contributed by atoms with E-state index in [1.807, 2.05) is 6.92 Å². The molecule has 2 heterocycles. The standard InChI is InChI=1S/C21H28FN3O5/c1-12(13-5-7-14(22)8-6-13)25-15-9-17(18(25)26)24(10-15)11-16(19(27)28)23-20(29)30-21(2,3)4/h5-8,12,15-17H,9-11H2,1-4H3,(H,23,29)(H,27,28)/t12?,15-,16?,17-/m0/s1. The lowest BCUT2D eigenvalue weighted by atomic mass is 10.1. The summed E-state index contributed by atoms with van der Waals surface area (Å²) in [4.78, 5) is 40.2. The van der Waals surface area contributed by atoms with Gasteiger partial charge in [0.25, 0.3) is 0 Å². The SMILES string of the molecule is CC(c1ccc(F)cc1)N1C(=O)[C@@H]2C[C@H]1CN2CC(NC(=O)OC(C)(C)C)C(=O)O. The predicted octanol–water partition coefficient (Wildman–Crippen LogP) is 2.15. The van der Waals surface area contributed by atoms with Gasteiger partial charge >= 0.3 is 12.1 Å². The molecule has 2 aliphatic rings. The Morgan fingerprint density at radius 3 is 2.47 bits per heavy atom. The molecule has 1 aromatic carbocycles. The Labute approximate surface area is 175 Å². The Bertz CT molecular complexity index is 823. The number of ether oxygens (including phenoxy) is 1. The van der Waals surface area contributed by atoms with E-state index >= 15 is 0 Å². The first-order valence-corrected chi connectivity index (χ1v) is 10.0. The Morgan fingerprint density at radius 1 is 1.30 bits per heavy atom. The van der Waals surface area contributed by atoms with Crippen molar-refractivity contribution < 1.29 is 28.6 Å². The van der Waals surface area contributed by atoms with Gasteiger partial charge in [-0.1, -0.05) is 12.1 Å². The Hall–Kier alpha value is -2.68. The van der Waals surface area contributed by atoms with Crippen LogP contribution in [-0.2, 0) is 14.3 Å². The second-order valence-corrected chi connectivity index (χ2v) is 8.87. The highest BCUT2D eigenvalue weighted by molar-refractivity contribution is 5.86. The van der Waals surface area contributed by atoms with Gasteiger partial charge in [-0.25, -0.2) is 14.0 Å². The van der Waals surface area contributed by atoms with E-state index < -0.39 is 29.7 Å². The molecular formula is C21H28FN3O5. The topological polar surface area (TPSA) is 99.2 Å². The number of likely N-dealkylation sites (tertiary alicyclic amines) is 2. The van der Waals surface area contributed by atoms with Crippen molar-refractivity contribution in [1.29, 1.82) is 0 Å². The monoisotopic (exact) mass is 421 g/mol. The molecule has 2 N–H and O–H groups in total. The number of carbonyl (C=O) groups is 3. The van der Waals surface area contributed by atoms with E-state index in [9.17, 15) is 23.9 Å². The highest BCUT2D eigenvalue weighted by atomic mass is 19.1. The number of benzene rings is 1. The van der Waals surface area contributed by atoms with Gasteiger partial charge in [-0.3, -0.25) is 9.69 Å². The van der Waals surface area contributed by atoms with Gasteiger partial charge in [0.15, 0.2) is 0 Å². The third-order valence-electron chi connectivity index (χ3n) is 5.49. The number of carboxylic acids is 1. The molecule has 2 aliphatic heterocycles. The van der Waals surface area contributed by atoms with E-state index in [1.54, 1.807) is 42.7 Å². The molecule has 8 nitrogen and oxygen atoms in total. The number of hydrogen-bond acceptors (Lipinski definition) is 5. The summed E-state index contributed by atoms with van der Waals surface area (Å²) in [5, 5.41) is 11.9. The predicted molar refractivity (Wildman–Crippen MR) is 106 cm³/mol. The lowest BCUT2D eigenvalue weighted by Crippen LogP contribution is -2.56. The van der Waals surface area contributed by atoms with Crippen LogP contribution in [0, 0.1) is 5.82 Å². The van der Waals surface area contributed by atoms with E-state index in [4.69, 9.17) is 4.74 Å². The maximum absolute atomic E-state index is 13.2. The normalized spacial score (nSPS) is 23.4. The third-order valence-corrected chi connectivity index (χ3v) is 5.49. The van der Waals surface area contributed by atoms with Crippen LogP contribution in [0.25, 0.3) is 0 Å². The van der Waals surface area contributed by atoms with Gasteiger partial charge in [-0.05, 0) is 51.8 Å².